The zero-order valence-electron chi connectivity index (χ0n) is 11.3. The number of nitrogens with one attached hydrogen (secondary N) is 2. The quantitative estimate of drug-likeness (QED) is 0.894. The summed E-state index contributed by atoms with van der Waals surface area (Å²) < 4.78 is 0. The maximum absolute atomic E-state index is 12.1. The van der Waals surface area contributed by atoms with E-state index in [1.807, 2.05) is 18.2 Å². The number of hydrogen-bond donors (Lipinski definition) is 2. The van der Waals surface area contributed by atoms with Crippen LogP contribution in [-0.2, 0) is 0 Å². The van der Waals surface area contributed by atoms with Crippen molar-refractivity contribution < 1.29 is 4.79 Å². The number of anilines is 1. The molecule has 0 radical (unpaired) electrons. The molecule has 0 bridgehead atoms. The molecule has 102 valence electrons. The third-order valence-corrected chi connectivity index (χ3v) is 3.62. The molecule has 0 spiro atoms. The van der Waals surface area contributed by atoms with Crippen molar-refractivity contribution in [3.63, 3.8) is 0 Å². The minimum Gasteiger partial charge on any atom is -0.373 e. The molecule has 0 aliphatic heterocycles. The van der Waals surface area contributed by atoms with Crippen molar-refractivity contribution in [1.29, 1.82) is 0 Å². The topological polar surface area (TPSA) is 54.0 Å². The second kappa shape index (κ2) is 5.33. The first-order valence-electron chi connectivity index (χ1n) is 6.77. The van der Waals surface area contributed by atoms with Crippen LogP contribution in [0.2, 0.25) is 0 Å². The van der Waals surface area contributed by atoms with Gasteiger partial charge in [0.1, 0.15) is 5.82 Å². The lowest BCUT2D eigenvalue weighted by atomic mass is 10.1. The van der Waals surface area contributed by atoms with E-state index in [4.69, 9.17) is 0 Å². The van der Waals surface area contributed by atoms with Gasteiger partial charge in [-0.25, -0.2) is 4.98 Å². The van der Waals surface area contributed by atoms with E-state index >= 15 is 0 Å². The first-order valence-corrected chi connectivity index (χ1v) is 6.77. The number of rotatable bonds is 4. The van der Waals surface area contributed by atoms with E-state index < -0.39 is 0 Å². The Hall–Kier alpha value is -2.36. The maximum atomic E-state index is 12.1. The third-order valence-electron chi connectivity index (χ3n) is 3.62. The summed E-state index contributed by atoms with van der Waals surface area (Å²) in [6, 6.07) is 14.1. The van der Waals surface area contributed by atoms with Crippen LogP contribution in [0.4, 0.5) is 5.82 Å². The highest BCUT2D eigenvalue weighted by Gasteiger charge is 2.39. The molecule has 1 saturated carbocycles. The van der Waals surface area contributed by atoms with Crippen molar-refractivity contribution in [1.82, 2.24) is 10.3 Å². The zero-order chi connectivity index (χ0) is 13.9. The summed E-state index contributed by atoms with van der Waals surface area (Å²) in [4.78, 5) is 16.3. The number of carbonyl (C=O) groups excluding carboxylic acids is 1. The molecule has 4 heteroatoms. The molecule has 20 heavy (non-hydrogen) atoms. The van der Waals surface area contributed by atoms with Gasteiger partial charge in [0, 0.05) is 25.2 Å². The van der Waals surface area contributed by atoms with Gasteiger partial charge in [-0.05, 0) is 24.1 Å². The summed E-state index contributed by atoms with van der Waals surface area (Å²) in [6.07, 6.45) is 2.61. The molecule has 1 aliphatic rings. The maximum Gasteiger partial charge on any atom is 0.253 e. The molecule has 2 aromatic rings. The van der Waals surface area contributed by atoms with Gasteiger partial charge in [0.05, 0.1) is 5.56 Å². The van der Waals surface area contributed by atoms with Gasteiger partial charge in [0.2, 0.25) is 0 Å². The van der Waals surface area contributed by atoms with Crippen molar-refractivity contribution in [2.75, 3.05) is 12.4 Å². The number of aromatic nitrogens is 1. The largest absolute Gasteiger partial charge is 0.373 e. The molecule has 1 fully saturated rings. The molecular formula is C16H17N3O. The predicted octanol–water partition coefficient (Wildman–Crippen LogP) is 2.41. The monoisotopic (exact) mass is 267 g/mol. The van der Waals surface area contributed by atoms with Gasteiger partial charge in [-0.1, -0.05) is 30.3 Å². The van der Waals surface area contributed by atoms with Crippen LogP contribution in [0.1, 0.15) is 28.3 Å². The van der Waals surface area contributed by atoms with Crippen LogP contribution in [0.15, 0.2) is 48.7 Å². The highest BCUT2D eigenvalue weighted by molar-refractivity contribution is 5.94. The number of hydrogen-bond acceptors (Lipinski definition) is 3. The van der Waals surface area contributed by atoms with Crippen LogP contribution in [0.3, 0.4) is 0 Å². The van der Waals surface area contributed by atoms with E-state index in [2.05, 4.69) is 27.8 Å². The molecule has 2 unspecified atom stereocenters. The van der Waals surface area contributed by atoms with Gasteiger partial charge in [0.15, 0.2) is 0 Å². The number of benzene rings is 1. The molecule has 1 amide bonds. The van der Waals surface area contributed by atoms with Crippen molar-refractivity contribution >= 4 is 11.7 Å². The Morgan fingerprint density at radius 1 is 1.20 bits per heavy atom. The molecule has 1 heterocycles. The number of pyridine rings is 1. The Morgan fingerprint density at radius 3 is 2.65 bits per heavy atom. The third kappa shape index (κ3) is 2.64. The minimum absolute atomic E-state index is 0.0522. The molecule has 1 aliphatic carbocycles. The molecule has 2 N–H and O–H groups in total. The molecule has 3 rings (SSSR count). The van der Waals surface area contributed by atoms with Gasteiger partial charge in [-0.3, -0.25) is 4.79 Å². The average molecular weight is 267 g/mol. The Morgan fingerprint density at radius 2 is 2.00 bits per heavy atom. The van der Waals surface area contributed by atoms with E-state index in [1.165, 1.54) is 5.56 Å². The van der Waals surface area contributed by atoms with Crippen LogP contribution in [0.5, 0.6) is 0 Å². The lowest BCUT2D eigenvalue weighted by Gasteiger charge is -2.05. The van der Waals surface area contributed by atoms with Crippen LogP contribution < -0.4 is 10.6 Å². The normalized spacial score (nSPS) is 20.2. The Bertz CT molecular complexity index is 595. The van der Waals surface area contributed by atoms with E-state index in [0.29, 0.717) is 11.5 Å². The van der Waals surface area contributed by atoms with E-state index in [1.54, 1.807) is 25.4 Å². The van der Waals surface area contributed by atoms with Gasteiger partial charge in [-0.15, -0.1) is 0 Å². The van der Waals surface area contributed by atoms with Crippen LogP contribution in [0.25, 0.3) is 0 Å². The molecule has 1 aromatic heterocycles. The van der Waals surface area contributed by atoms with Crippen LogP contribution >= 0.6 is 0 Å². The van der Waals surface area contributed by atoms with Gasteiger partial charge in [-0.2, -0.15) is 0 Å². The van der Waals surface area contributed by atoms with Gasteiger partial charge >= 0.3 is 0 Å². The number of carbonyl (C=O) groups is 1. The summed E-state index contributed by atoms with van der Waals surface area (Å²) in [5.74, 6) is 1.16. The first-order chi connectivity index (χ1) is 9.78. The second-order valence-corrected chi connectivity index (χ2v) is 5.01. The molecule has 2 atom stereocenters. The Kier molecular flexibility index (Phi) is 3.37. The summed E-state index contributed by atoms with van der Waals surface area (Å²) in [5.41, 5.74) is 1.89. The van der Waals surface area contributed by atoms with Crippen molar-refractivity contribution in [3.8, 4) is 0 Å². The fourth-order valence-corrected chi connectivity index (χ4v) is 2.35. The first kappa shape index (κ1) is 12.7. The van der Waals surface area contributed by atoms with Crippen molar-refractivity contribution in [2.45, 2.75) is 18.4 Å². The second-order valence-electron chi connectivity index (χ2n) is 5.01. The van der Waals surface area contributed by atoms with E-state index in [9.17, 15) is 4.79 Å². The SMILES string of the molecule is CNc1ccc(C(=O)NC2CC2c2ccccc2)cn1. The summed E-state index contributed by atoms with van der Waals surface area (Å²) in [7, 11) is 1.80. The van der Waals surface area contributed by atoms with Gasteiger partial charge in [0.25, 0.3) is 5.91 Å². The van der Waals surface area contributed by atoms with E-state index in [0.717, 1.165) is 12.2 Å². The van der Waals surface area contributed by atoms with E-state index in [-0.39, 0.29) is 11.9 Å². The van der Waals surface area contributed by atoms with Crippen molar-refractivity contribution in [2.24, 2.45) is 0 Å². The van der Waals surface area contributed by atoms with Crippen LogP contribution in [-0.4, -0.2) is 24.0 Å². The lowest BCUT2D eigenvalue weighted by Crippen LogP contribution is -2.26. The summed E-state index contributed by atoms with van der Waals surface area (Å²) >= 11 is 0. The molecule has 0 saturated heterocycles. The molecule has 1 aromatic carbocycles. The fourth-order valence-electron chi connectivity index (χ4n) is 2.35. The smallest absolute Gasteiger partial charge is 0.253 e. The average Bonchev–Trinajstić information content (AvgIpc) is 3.27. The Balaban J connectivity index is 1.60. The minimum atomic E-state index is -0.0522. The standard InChI is InChI=1S/C16H17N3O/c1-17-15-8-7-12(10-18-15)16(20)19-14-9-13(14)11-5-3-2-4-6-11/h2-8,10,13-14H,9H2,1H3,(H,17,18)(H,19,20). The number of amides is 1. The summed E-state index contributed by atoms with van der Waals surface area (Å²) in [5, 5.41) is 5.99. The van der Waals surface area contributed by atoms with Crippen LogP contribution in [0, 0.1) is 0 Å². The number of nitrogens with zero attached hydrogens (tertiary/aromatic N) is 1. The van der Waals surface area contributed by atoms with Gasteiger partial charge < -0.3 is 10.6 Å². The molecule has 4 nitrogen and oxygen atoms in total. The Labute approximate surface area is 118 Å². The predicted molar refractivity (Wildman–Crippen MR) is 78.8 cm³/mol. The fraction of sp³-hybridized carbons (Fsp3) is 0.250. The highest BCUT2D eigenvalue weighted by Crippen LogP contribution is 2.40. The van der Waals surface area contributed by atoms with Crippen molar-refractivity contribution in [3.05, 3.63) is 59.8 Å². The lowest BCUT2D eigenvalue weighted by molar-refractivity contribution is 0.0950. The highest BCUT2D eigenvalue weighted by atomic mass is 16.1. The zero-order valence-corrected chi connectivity index (χ0v) is 11.3. The summed E-state index contributed by atoms with van der Waals surface area (Å²) in [6.45, 7) is 0. The molecular weight excluding hydrogens is 250 g/mol.